The standard InChI is InChI=1S/C34H30N4O6S/c1-23-13-19-30(20-14-23)45(43,44)36-22-27(21-31(39)25-9-5-3-6-10-25)34(32(36)26-15-17-29(18-16-26)38(41)42)24(2)35-37(33(34)40)28-11-7-4-8-12-28/h3-20,27,32H,21-22H2,1-2H3/t27-,32-,34+/m0/s1. The molecular weight excluding hydrogens is 592 g/mol. The molecule has 228 valence electrons. The Morgan fingerprint density at radius 3 is 2.11 bits per heavy atom. The summed E-state index contributed by atoms with van der Waals surface area (Å²) in [6.07, 6.45) is -0.130. The lowest BCUT2D eigenvalue weighted by Crippen LogP contribution is -2.48. The fourth-order valence-corrected chi connectivity index (χ4v) is 8.23. The third kappa shape index (κ3) is 5.03. The zero-order valence-electron chi connectivity index (χ0n) is 24.6. The number of anilines is 1. The quantitative estimate of drug-likeness (QED) is 0.136. The molecule has 0 radical (unpaired) electrons. The van der Waals surface area contributed by atoms with E-state index in [4.69, 9.17) is 0 Å². The Hall–Kier alpha value is -5.00. The fourth-order valence-electron chi connectivity index (χ4n) is 6.54. The van der Waals surface area contributed by atoms with Crippen molar-refractivity contribution in [1.82, 2.24) is 4.31 Å². The number of hydrogen-bond acceptors (Lipinski definition) is 7. The number of non-ortho nitro benzene ring substituents is 1. The maximum atomic E-state index is 14.9. The molecule has 45 heavy (non-hydrogen) atoms. The zero-order valence-corrected chi connectivity index (χ0v) is 25.4. The number of amides is 1. The van der Waals surface area contributed by atoms with Crippen molar-refractivity contribution in [3.8, 4) is 0 Å². The Balaban J connectivity index is 1.57. The number of aryl methyl sites for hydroxylation is 1. The number of Topliss-reactive ketones (excluding diaryl/α,β-unsaturated/α-hetero) is 1. The van der Waals surface area contributed by atoms with E-state index in [-0.39, 0.29) is 29.3 Å². The van der Waals surface area contributed by atoms with E-state index >= 15 is 0 Å². The van der Waals surface area contributed by atoms with Gasteiger partial charge in [0.2, 0.25) is 10.0 Å². The van der Waals surface area contributed by atoms with Crippen LogP contribution >= 0.6 is 0 Å². The second-order valence-electron chi connectivity index (χ2n) is 11.3. The van der Waals surface area contributed by atoms with Gasteiger partial charge in [0.05, 0.1) is 27.3 Å². The normalized spacial score (nSPS) is 21.7. The lowest BCUT2D eigenvalue weighted by Gasteiger charge is -2.36. The number of nitro benzene ring substituents is 1. The summed E-state index contributed by atoms with van der Waals surface area (Å²) in [6, 6.07) is 28.3. The first-order chi connectivity index (χ1) is 21.5. The highest BCUT2D eigenvalue weighted by Crippen LogP contribution is 2.58. The maximum Gasteiger partial charge on any atom is 0.269 e. The predicted molar refractivity (Wildman–Crippen MR) is 169 cm³/mol. The third-order valence-corrected chi connectivity index (χ3v) is 10.6. The van der Waals surface area contributed by atoms with Crippen LogP contribution in [-0.4, -0.2) is 41.6 Å². The summed E-state index contributed by atoms with van der Waals surface area (Å²) in [5.74, 6) is -1.52. The highest BCUT2D eigenvalue weighted by atomic mass is 32.2. The molecule has 11 heteroatoms. The molecule has 0 unspecified atom stereocenters. The number of carbonyl (C=O) groups is 2. The first kappa shape index (κ1) is 30.0. The number of hydrazone groups is 1. The second-order valence-corrected chi connectivity index (χ2v) is 13.2. The highest BCUT2D eigenvalue weighted by Gasteiger charge is 2.67. The Kier molecular flexibility index (Phi) is 7.67. The molecule has 3 atom stereocenters. The molecule has 10 nitrogen and oxygen atoms in total. The van der Waals surface area contributed by atoms with E-state index in [9.17, 15) is 28.1 Å². The van der Waals surface area contributed by atoms with Crippen molar-refractivity contribution in [2.45, 2.75) is 31.2 Å². The number of rotatable bonds is 8. The lowest BCUT2D eigenvalue weighted by molar-refractivity contribution is -0.384. The van der Waals surface area contributed by atoms with Crippen LogP contribution in [0.3, 0.4) is 0 Å². The van der Waals surface area contributed by atoms with Crippen molar-refractivity contribution in [3.63, 3.8) is 0 Å². The van der Waals surface area contributed by atoms with Crippen LogP contribution in [0.25, 0.3) is 0 Å². The molecule has 0 saturated carbocycles. The van der Waals surface area contributed by atoms with Crippen molar-refractivity contribution in [3.05, 3.63) is 136 Å². The molecule has 6 rings (SSSR count). The molecular formula is C34H30N4O6S. The molecule has 1 amide bonds. The summed E-state index contributed by atoms with van der Waals surface area (Å²) in [6.45, 7) is 3.38. The average Bonchev–Trinajstić information content (AvgIpc) is 3.53. The van der Waals surface area contributed by atoms with Gasteiger partial charge in [-0.05, 0) is 43.7 Å². The van der Waals surface area contributed by atoms with Crippen molar-refractivity contribution in [2.24, 2.45) is 16.4 Å². The number of benzene rings is 4. The van der Waals surface area contributed by atoms with E-state index in [1.54, 1.807) is 73.7 Å². The van der Waals surface area contributed by atoms with Crippen molar-refractivity contribution < 1.29 is 22.9 Å². The monoisotopic (exact) mass is 622 g/mol. The molecule has 2 aliphatic rings. The average molecular weight is 623 g/mol. The molecule has 0 N–H and O–H groups in total. The fraction of sp³-hybridized carbons (Fsp3) is 0.206. The molecule has 2 aliphatic heterocycles. The van der Waals surface area contributed by atoms with Crippen LogP contribution in [0.5, 0.6) is 0 Å². The number of carbonyl (C=O) groups excluding carboxylic acids is 2. The van der Waals surface area contributed by atoms with Gasteiger partial charge in [-0.25, -0.2) is 8.42 Å². The molecule has 2 heterocycles. The minimum Gasteiger partial charge on any atom is -0.294 e. The van der Waals surface area contributed by atoms with Crippen LogP contribution in [0, 0.1) is 28.4 Å². The number of hydrogen-bond donors (Lipinski definition) is 0. The smallest absolute Gasteiger partial charge is 0.269 e. The van der Waals surface area contributed by atoms with Gasteiger partial charge in [-0.2, -0.15) is 14.4 Å². The van der Waals surface area contributed by atoms with E-state index < -0.39 is 38.2 Å². The van der Waals surface area contributed by atoms with Gasteiger partial charge in [-0.1, -0.05) is 78.4 Å². The predicted octanol–water partition coefficient (Wildman–Crippen LogP) is 5.95. The van der Waals surface area contributed by atoms with E-state index in [0.29, 0.717) is 22.5 Å². The van der Waals surface area contributed by atoms with Crippen molar-refractivity contribution in [1.29, 1.82) is 0 Å². The molecule has 4 aromatic rings. The van der Waals surface area contributed by atoms with Crippen molar-refractivity contribution in [2.75, 3.05) is 11.6 Å². The minimum atomic E-state index is -4.24. The summed E-state index contributed by atoms with van der Waals surface area (Å²) in [5.41, 5.74) is 0.777. The summed E-state index contributed by atoms with van der Waals surface area (Å²) in [5, 5.41) is 17.5. The highest BCUT2D eigenvalue weighted by molar-refractivity contribution is 7.89. The first-order valence-electron chi connectivity index (χ1n) is 14.4. The van der Waals surface area contributed by atoms with Crippen LogP contribution in [0.1, 0.15) is 40.9 Å². The number of sulfonamides is 1. The third-order valence-electron chi connectivity index (χ3n) is 8.73. The van der Waals surface area contributed by atoms with Crippen LogP contribution in [0.2, 0.25) is 0 Å². The number of nitrogens with zero attached hydrogens (tertiary/aromatic N) is 4. The first-order valence-corrected chi connectivity index (χ1v) is 15.9. The molecule has 0 aliphatic carbocycles. The summed E-state index contributed by atoms with van der Waals surface area (Å²) >= 11 is 0. The molecule has 0 bridgehead atoms. The lowest BCUT2D eigenvalue weighted by atomic mass is 9.66. The minimum absolute atomic E-state index is 0.0325. The van der Waals surface area contributed by atoms with Gasteiger partial charge >= 0.3 is 0 Å². The van der Waals surface area contributed by atoms with Crippen LogP contribution < -0.4 is 5.01 Å². The maximum absolute atomic E-state index is 14.9. The van der Waals surface area contributed by atoms with Crippen molar-refractivity contribution >= 4 is 38.8 Å². The van der Waals surface area contributed by atoms with E-state index in [0.717, 1.165) is 5.56 Å². The van der Waals surface area contributed by atoms with E-state index in [1.807, 2.05) is 13.0 Å². The topological polar surface area (TPSA) is 130 Å². The van der Waals surface area contributed by atoms with Gasteiger partial charge in [-0.15, -0.1) is 0 Å². The van der Waals surface area contributed by atoms with Gasteiger partial charge < -0.3 is 0 Å². The molecule has 1 saturated heterocycles. The second kappa shape index (κ2) is 11.5. The molecule has 0 aromatic heterocycles. The Labute approximate surface area is 260 Å². The summed E-state index contributed by atoms with van der Waals surface area (Å²) in [4.78, 5) is 39.6. The number of ketones is 1. The summed E-state index contributed by atoms with van der Waals surface area (Å²) < 4.78 is 30.2. The van der Waals surface area contributed by atoms with Crippen LogP contribution in [-0.2, 0) is 14.8 Å². The van der Waals surface area contributed by atoms with Gasteiger partial charge in [-0.3, -0.25) is 19.7 Å². The van der Waals surface area contributed by atoms with Crippen LogP contribution in [0.15, 0.2) is 119 Å². The Morgan fingerprint density at radius 2 is 1.51 bits per heavy atom. The van der Waals surface area contributed by atoms with Gasteiger partial charge in [0.25, 0.3) is 11.6 Å². The molecule has 1 spiro atoms. The molecule has 1 fully saturated rings. The summed E-state index contributed by atoms with van der Waals surface area (Å²) in [7, 11) is -4.24. The van der Waals surface area contributed by atoms with Crippen LogP contribution in [0.4, 0.5) is 11.4 Å². The van der Waals surface area contributed by atoms with Gasteiger partial charge in [0.15, 0.2) is 5.78 Å². The zero-order chi connectivity index (χ0) is 31.9. The number of nitro groups is 1. The Bertz CT molecular complexity index is 1910. The molecule has 4 aromatic carbocycles. The van der Waals surface area contributed by atoms with Gasteiger partial charge in [0, 0.05) is 36.6 Å². The van der Waals surface area contributed by atoms with E-state index in [1.165, 1.54) is 45.7 Å². The number of para-hydroxylation sites is 1. The SMILES string of the molecule is CC1=NN(c2ccccc2)C(=O)[C@@]12[C@@H](CC(=O)c1ccccc1)CN(S(=O)(=O)c1ccc(C)cc1)[C@H]2c1ccc([N+](=O)[O-])cc1. The van der Waals surface area contributed by atoms with Gasteiger partial charge in [0.1, 0.15) is 5.41 Å². The van der Waals surface area contributed by atoms with E-state index in [2.05, 4.69) is 5.10 Å². The Morgan fingerprint density at radius 1 is 0.911 bits per heavy atom. The largest absolute Gasteiger partial charge is 0.294 e.